The predicted molar refractivity (Wildman–Crippen MR) is 169 cm³/mol. The Labute approximate surface area is 264 Å². The molecule has 0 radical (unpaired) electrons. The minimum Gasteiger partial charge on any atom is -0.455 e. The number of rotatable bonds is 1. The van der Waals surface area contributed by atoms with E-state index in [2.05, 4.69) is 16.1 Å². The maximum Gasteiger partial charge on any atom is 0.325 e. The number of pyridine rings is 1. The second kappa shape index (κ2) is 12.9. The minimum atomic E-state index is -0.935. The summed E-state index contributed by atoms with van der Waals surface area (Å²) in [5, 5.41) is 8.12. The molecule has 1 spiro atoms. The molecule has 5 atom stereocenters. The number of hydrazine groups is 1. The van der Waals surface area contributed by atoms with E-state index in [9.17, 15) is 19.2 Å². The first kappa shape index (κ1) is 32.6. The summed E-state index contributed by atoms with van der Waals surface area (Å²) in [7, 11) is 0. The van der Waals surface area contributed by atoms with Crippen molar-refractivity contribution in [3.8, 4) is 0 Å². The van der Waals surface area contributed by atoms with Crippen LogP contribution in [0.25, 0.3) is 17.0 Å². The van der Waals surface area contributed by atoms with Gasteiger partial charge in [-0.2, -0.15) is 0 Å². The van der Waals surface area contributed by atoms with Crippen LogP contribution in [0.5, 0.6) is 0 Å². The van der Waals surface area contributed by atoms with Crippen molar-refractivity contribution >= 4 is 40.7 Å². The van der Waals surface area contributed by atoms with Gasteiger partial charge in [0.1, 0.15) is 24.2 Å². The number of nitrogens with zero attached hydrogens (tertiary/aromatic N) is 2. The lowest BCUT2D eigenvalue weighted by atomic mass is 9.72. The van der Waals surface area contributed by atoms with Gasteiger partial charge in [-0.05, 0) is 77.0 Å². The van der Waals surface area contributed by atoms with Crippen LogP contribution in [0.2, 0.25) is 0 Å². The number of hydrogen-bond acceptors (Lipinski definition) is 8. The number of esters is 1. The van der Waals surface area contributed by atoms with Gasteiger partial charge >= 0.3 is 5.97 Å². The van der Waals surface area contributed by atoms with Gasteiger partial charge in [0, 0.05) is 18.5 Å². The molecular formula is C34H45N5O6. The van der Waals surface area contributed by atoms with E-state index in [0.29, 0.717) is 44.5 Å². The van der Waals surface area contributed by atoms with E-state index in [4.69, 9.17) is 14.5 Å². The Kier molecular flexibility index (Phi) is 9.32. The fraction of sp³-hybridized carbons (Fsp3) is 0.559. The van der Waals surface area contributed by atoms with Gasteiger partial charge in [0.2, 0.25) is 11.8 Å². The van der Waals surface area contributed by atoms with Crippen LogP contribution in [-0.4, -0.2) is 70.6 Å². The molecule has 3 aliphatic heterocycles. The molecule has 2 fully saturated rings. The zero-order valence-electron chi connectivity index (χ0n) is 27.0. The summed E-state index contributed by atoms with van der Waals surface area (Å²) in [5.41, 5.74) is 3.69. The highest BCUT2D eigenvalue weighted by molar-refractivity contribution is 5.94. The fourth-order valence-electron chi connectivity index (χ4n) is 6.41. The summed E-state index contributed by atoms with van der Waals surface area (Å²) >= 11 is 0. The molecule has 4 heterocycles. The van der Waals surface area contributed by atoms with Crippen molar-refractivity contribution in [3.05, 3.63) is 47.7 Å². The number of ether oxygens (including phenoxy) is 2. The smallest absolute Gasteiger partial charge is 0.325 e. The van der Waals surface area contributed by atoms with Crippen LogP contribution >= 0.6 is 0 Å². The van der Waals surface area contributed by atoms with Crippen molar-refractivity contribution in [2.75, 3.05) is 13.2 Å². The Morgan fingerprint density at radius 1 is 1.04 bits per heavy atom. The topological polar surface area (TPSA) is 139 Å². The highest BCUT2D eigenvalue weighted by Gasteiger charge is 2.46. The van der Waals surface area contributed by atoms with Gasteiger partial charge in [-0.25, -0.2) is 10.4 Å². The van der Waals surface area contributed by atoms with Crippen molar-refractivity contribution in [2.45, 2.75) is 97.1 Å². The van der Waals surface area contributed by atoms with E-state index in [-0.39, 0.29) is 17.7 Å². The minimum absolute atomic E-state index is 0.248. The molecular weight excluding hydrogens is 574 g/mol. The Morgan fingerprint density at radius 2 is 1.80 bits per heavy atom. The maximum atomic E-state index is 14.2. The second-order valence-electron chi connectivity index (χ2n) is 13.5. The average Bonchev–Trinajstić information content (AvgIpc) is 3.00. The monoisotopic (exact) mass is 619 g/mol. The number of aromatic nitrogens is 1. The van der Waals surface area contributed by atoms with Gasteiger partial charge in [-0.15, -0.1) is 0 Å². The first-order chi connectivity index (χ1) is 21.3. The van der Waals surface area contributed by atoms with E-state index in [0.717, 1.165) is 16.5 Å². The number of benzene rings is 1. The molecule has 1 aromatic carbocycles. The predicted octanol–water partition coefficient (Wildman–Crippen LogP) is 3.58. The van der Waals surface area contributed by atoms with Gasteiger partial charge in [-0.1, -0.05) is 44.2 Å². The molecule has 3 amide bonds. The summed E-state index contributed by atoms with van der Waals surface area (Å²) in [6.45, 7) is 11.8. The second-order valence-corrected chi connectivity index (χ2v) is 13.5. The number of carbonyl (C=O) groups is 4. The summed E-state index contributed by atoms with van der Waals surface area (Å²) in [5.74, 6) is -1.83. The van der Waals surface area contributed by atoms with E-state index in [1.54, 1.807) is 13.8 Å². The van der Waals surface area contributed by atoms with Crippen LogP contribution in [0, 0.1) is 11.3 Å². The molecule has 1 aromatic heterocycles. The van der Waals surface area contributed by atoms with Crippen LogP contribution in [0.4, 0.5) is 0 Å². The van der Waals surface area contributed by atoms with Gasteiger partial charge in [-0.3, -0.25) is 24.2 Å². The van der Waals surface area contributed by atoms with Crippen molar-refractivity contribution in [1.29, 1.82) is 0 Å². The molecule has 2 aromatic rings. The van der Waals surface area contributed by atoms with Crippen molar-refractivity contribution in [1.82, 2.24) is 26.1 Å². The number of hydrogen-bond donors (Lipinski definition) is 3. The standard InChI is InChI=1S/C34H45N5O6/c1-20(2)28-29(40)35-21(3)30(41)39-16-7-8-26(38-39)31(42)45-22(4)25-12-11-24-10-9-23(18-27(24)36-25)13-14-34(32(43)37-28)15-17-44-33(5,6)19-34/h9-14,18,20-22,26,28,38H,7-8,15-17,19H2,1-6H3,(H,35,40)(H,37,43)/b14-13+/t21-,22+,26-,28-,34+/m0/s1. The number of nitrogens with one attached hydrogen (secondary N) is 3. The molecule has 11 heteroatoms. The number of amides is 3. The summed E-state index contributed by atoms with van der Waals surface area (Å²) in [6, 6.07) is 7.17. The van der Waals surface area contributed by atoms with Gasteiger partial charge in [0.15, 0.2) is 0 Å². The number of carbonyl (C=O) groups excluding carboxylic acids is 4. The summed E-state index contributed by atoms with van der Waals surface area (Å²) in [6.07, 6.45) is 5.18. The lowest BCUT2D eigenvalue weighted by Gasteiger charge is -2.43. The lowest BCUT2D eigenvalue weighted by Crippen LogP contribution is -2.61. The van der Waals surface area contributed by atoms with E-state index < -0.39 is 47.1 Å². The zero-order valence-corrected chi connectivity index (χ0v) is 27.0. The normalized spacial score (nSPS) is 30.6. The molecule has 242 valence electrons. The fourth-order valence-corrected chi connectivity index (χ4v) is 6.41. The van der Waals surface area contributed by atoms with Crippen LogP contribution in [0.15, 0.2) is 36.4 Å². The molecule has 5 bridgehead atoms. The van der Waals surface area contributed by atoms with E-state index in [1.807, 2.05) is 70.2 Å². The molecule has 3 aliphatic rings. The number of fused-ring (bicyclic) bond motifs is 4. The van der Waals surface area contributed by atoms with Gasteiger partial charge < -0.3 is 20.1 Å². The first-order valence-electron chi connectivity index (χ1n) is 15.9. The van der Waals surface area contributed by atoms with Crippen LogP contribution in [0.3, 0.4) is 0 Å². The first-order valence-corrected chi connectivity index (χ1v) is 15.9. The highest BCUT2D eigenvalue weighted by Crippen LogP contribution is 2.41. The van der Waals surface area contributed by atoms with Crippen LogP contribution in [0.1, 0.15) is 84.6 Å². The van der Waals surface area contributed by atoms with E-state index >= 15 is 0 Å². The third-order valence-corrected chi connectivity index (χ3v) is 8.98. The third-order valence-electron chi connectivity index (χ3n) is 8.98. The lowest BCUT2D eigenvalue weighted by molar-refractivity contribution is -0.157. The van der Waals surface area contributed by atoms with Gasteiger partial charge in [0.25, 0.3) is 5.91 Å². The van der Waals surface area contributed by atoms with Crippen molar-refractivity contribution in [3.63, 3.8) is 0 Å². The molecule has 2 saturated heterocycles. The largest absolute Gasteiger partial charge is 0.455 e. The maximum absolute atomic E-state index is 14.2. The zero-order chi connectivity index (χ0) is 32.5. The Balaban J connectivity index is 1.55. The Morgan fingerprint density at radius 3 is 2.53 bits per heavy atom. The summed E-state index contributed by atoms with van der Waals surface area (Å²) in [4.78, 5) is 59.1. The third kappa shape index (κ3) is 7.20. The molecule has 11 nitrogen and oxygen atoms in total. The Hall–Kier alpha value is -3.83. The number of cyclic esters (lactones) is 1. The average molecular weight is 620 g/mol. The SMILES string of the molecule is CC(C)[C@@H]1NC(=O)[C@]2(/C=C/c3ccc4ccc(nc4c3)[C@@H](C)OC(=O)[C@@H]3CCCN(N3)C(=O)[C@H](C)NC1=O)CCOC(C)(C)C2. The molecule has 45 heavy (non-hydrogen) atoms. The molecule has 0 saturated carbocycles. The molecule has 5 rings (SSSR count). The van der Waals surface area contributed by atoms with Crippen LogP contribution < -0.4 is 16.1 Å². The van der Waals surface area contributed by atoms with E-state index in [1.165, 1.54) is 5.01 Å². The highest BCUT2D eigenvalue weighted by atomic mass is 16.5. The van der Waals surface area contributed by atoms with Crippen molar-refractivity contribution < 1.29 is 28.7 Å². The quantitative estimate of drug-likeness (QED) is 0.412. The summed E-state index contributed by atoms with van der Waals surface area (Å²) < 4.78 is 11.8. The molecule has 3 N–H and O–H groups in total. The Bertz CT molecular complexity index is 1510. The molecule has 0 unspecified atom stereocenters. The van der Waals surface area contributed by atoms with Crippen molar-refractivity contribution in [2.24, 2.45) is 11.3 Å². The van der Waals surface area contributed by atoms with Crippen LogP contribution in [-0.2, 0) is 28.7 Å². The van der Waals surface area contributed by atoms with Gasteiger partial charge in [0.05, 0.1) is 22.2 Å². The molecule has 0 aliphatic carbocycles.